The highest BCUT2D eigenvalue weighted by Gasteiger charge is 2.13. The summed E-state index contributed by atoms with van der Waals surface area (Å²) in [7, 11) is 4.06. The zero-order valence-corrected chi connectivity index (χ0v) is 12.7. The summed E-state index contributed by atoms with van der Waals surface area (Å²) in [5.74, 6) is -0.279. The molecule has 0 aromatic heterocycles. The SMILES string of the molecule is CCCCCC/C(O)=C/[N+](C)(C)CCCCC(=O)O. The number of carbonyl (C=O) groups is 1. The number of carboxylic acid groups (broad SMARTS) is 1. The molecule has 19 heavy (non-hydrogen) atoms. The number of quaternary nitrogens is 1. The number of nitrogens with zero attached hydrogens (tertiary/aromatic N) is 1. The minimum atomic E-state index is -0.736. The van der Waals surface area contributed by atoms with Gasteiger partial charge >= 0.3 is 5.97 Å². The number of unbranched alkanes of at least 4 members (excludes halogenated alkanes) is 4. The zero-order chi connectivity index (χ0) is 14.7. The van der Waals surface area contributed by atoms with E-state index in [2.05, 4.69) is 6.92 Å². The third-order valence-electron chi connectivity index (χ3n) is 3.16. The second kappa shape index (κ2) is 9.84. The van der Waals surface area contributed by atoms with E-state index in [0.29, 0.717) is 16.7 Å². The van der Waals surface area contributed by atoms with E-state index in [1.807, 2.05) is 20.3 Å². The summed E-state index contributed by atoms with van der Waals surface area (Å²) in [6, 6.07) is 0. The fourth-order valence-electron chi connectivity index (χ4n) is 2.06. The van der Waals surface area contributed by atoms with E-state index < -0.39 is 5.97 Å². The van der Waals surface area contributed by atoms with Crippen LogP contribution in [0.5, 0.6) is 0 Å². The Morgan fingerprint density at radius 2 is 1.63 bits per heavy atom. The molecule has 0 aromatic carbocycles. The first kappa shape index (κ1) is 18.0. The first-order chi connectivity index (χ1) is 8.87. The van der Waals surface area contributed by atoms with Gasteiger partial charge in [0.2, 0.25) is 0 Å². The molecule has 0 unspecified atom stereocenters. The molecule has 0 bridgehead atoms. The van der Waals surface area contributed by atoms with Crippen LogP contribution in [0.2, 0.25) is 0 Å². The molecule has 0 amide bonds. The third-order valence-corrected chi connectivity index (χ3v) is 3.16. The van der Waals surface area contributed by atoms with Crippen molar-refractivity contribution in [1.82, 2.24) is 0 Å². The van der Waals surface area contributed by atoms with Crippen LogP contribution in [-0.2, 0) is 4.79 Å². The summed E-state index contributed by atoms with van der Waals surface area (Å²) in [6.45, 7) is 3.03. The predicted octanol–water partition coefficient (Wildman–Crippen LogP) is 3.69. The first-order valence-corrected chi connectivity index (χ1v) is 7.32. The fourth-order valence-corrected chi connectivity index (χ4v) is 2.06. The van der Waals surface area contributed by atoms with Crippen molar-refractivity contribution in [2.24, 2.45) is 0 Å². The second-order valence-electron chi connectivity index (χ2n) is 5.78. The number of allylic oxidation sites excluding steroid dienone is 1. The predicted molar refractivity (Wildman–Crippen MR) is 77.9 cm³/mol. The Kier molecular flexibility index (Phi) is 9.31. The van der Waals surface area contributed by atoms with Crippen LogP contribution in [0, 0.1) is 0 Å². The maximum absolute atomic E-state index is 10.4. The van der Waals surface area contributed by atoms with Gasteiger partial charge in [-0.25, -0.2) is 0 Å². The molecule has 2 N–H and O–H groups in total. The minimum absolute atomic E-state index is 0.229. The highest BCUT2D eigenvalue weighted by molar-refractivity contribution is 5.66. The van der Waals surface area contributed by atoms with Crippen LogP contribution >= 0.6 is 0 Å². The Morgan fingerprint density at radius 3 is 2.21 bits per heavy atom. The van der Waals surface area contributed by atoms with E-state index in [9.17, 15) is 9.90 Å². The molecule has 0 aliphatic rings. The van der Waals surface area contributed by atoms with Gasteiger partial charge in [-0.2, -0.15) is 0 Å². The van der Waals surface area contributed by atoms with Gasteiger partial charge in [0.15, 0.2) is 0 Å². The lowest BCUT2D eigenvalue weighted by Gasteiger charge is -2.25. The number of hydrogen-bond donors (Lipinski definition) is 2. The van der Waals surface area contributed by atoms with E-state index in [0.717, 1.165) is 25.8 Å². The molecule has 0 aliphatic carbocycles. The van der Waals surface area contributed by atoms with Gasteiger partial charge in [0.25, 0.3) is 0 Å². The van der Waals surface area contributed by atoms with Crippen LogP contribution in [0.1, 0.15) is 58.3 Å². The van der Waals surface area contributed by atoms with Gasteiger partial charge in [0.1, 0.15) is 12.0 Å². The summed E-state index contributed by atoms with van der Waals surface area (Å²) in [4.78, 5) is 10.4. The Balaban J connectivity index is 3.92. The largest absolute Gasteiger partial charge is 0.507 e. The molecule has 0 atom stereocenters. The minimum Gasteiger partial charge on any atom is -0.507 e. The number of aliphatic hydroxyl groups is 1. The van der Waals surface area contributed by atoms with Gasteiger partial charge in [-0.05, 0) is 19.3 Å². The van der Waals surface area contributed by atoms with Crippen LogP contribution in [0.25, 0.3) is 0 Å². The number of rotatable bonds is 11. The molecule has 0 fully saturated rings. The average molecular weight is 272 g/mol. The van der Waals surface area contributed by atoms with Crippen LogP contribution in [0.4, 0.5) is 0 Å². The summed E-state index contributed by atoms with van der Waals surface area (Å²) in [5, 5.41) is 18.5. The first-order valence-electron chi connectivity index (χ1n) is 7.32. The Bertz CT molecular complexity index is 285. The van der Waals surface area contributed by atoms with Gasteiger partial charge in [-0.1, -0.05) is 26.2 Å². The number of aliphatic carboxylic acids is 1. The molecule has 0 saturated carbocycles. The van der Waals surface area contributed by atoms with E-state index in [-0.39, 0.29) is 6.42 Å². The van der Waals surface area contributed by atoms with Crippen molar-refractivity contribution in [3.05, 3.63) is 12.0 Å². The Morgan fingerprint density at radius 1 is 1.00 bits per heavy atom. The van der Waals surface area contributed by atoms with Crippen LogP contribution in [0.15, 0.2) is 12.0 Å². The summed E-state index contributed by atoms with van der Waals surface area (Å²) >= 11 is 0. The number of hydrogen-bond acceptors (Lipinski definition) is 2. The van der Waals surface area contributed by atoms with Crippen molar-refractivity contribution in [3.63, 3.8) is 0 Å². The van der Waals surface area contributed by atoms with Crippen molar-refractivity contribution in [3.8, 4) is 0 Å². The Hall–Kier alpha value is -1.03. The average Bonchev–Trinajstić information content (AvgIpc) is 2.29. The number of carboxylic acids is 1. The monoisotopic (exact) mass is 272 g/mol. The van der Waals surface area contributed by atoms with Crippen molar-refractivity contribution in [2.75, 3.05) is 20.6 Å². The van der Waals surface area contributed by atoms with Crippen LogP contribution in [-0.4, -0.2) is 41.3 Å². The molecule has 0 saturated heterocycles. The lowest BCUT2D eigenvalue weighted by atomic mass is 10.1. The lowest BCUT2D eigenvalue weighted by molar-refractivity contribution is -0.840. The van der Waals surface area contributed by atoms with E-state index in [1.54, 1.807) is 0 Å². The molecule has 0 heterocycles. The summed E-state index contributed by atoms with van der Waals surface area (Å²) in [6.07, 6.45) is 9.04. The maximum Gasteiger partial charge on any atom is 0.303 e. The van der Waals surface area contributed by atoms with Crippen LogP contribution in [0.3, 0.4) is 0 Å². The molecule has 112 valence electrons. The topological polar surface area (TPSA) is 57.5 Å². The molecular formula is C15H30NO3+. The van der Waals surface area contributed by atoms with Gasteiger partial charge in [-0.3, -0.25) is 9.28 Å². The highest BCUT2D eigenvalue weighted by atomic mass is 16.4. The van der Waals surface area contributed by atoms with Gasteiger partial charge in [0.05, 0.1) is 20.6 Å². The molecule has 0 radical (unpaired) electrons. The number of aliphatic hydroxyl groups excluding tert-OH is 1. The van der Waals surface area contributed by atoms with Crippen LogP contribution < -0.4 is 0 Å². The molecule has 0 rings (SSSR count). The second-order valence-corrected chi connectivity index (χ2v) is 5.78. The molecule has 0 aliphatic heterocycles. The van der Waals surface area contributed by atoms with E-state index in [4.69, 9.17) is 5.11 Å². The standard InChI is InChI=1S/C15H29NO3/c1-4-5-6-7-10-14(17)13-16(2,3)12-9-8-11-15(18)19/h13H,4-12H2,1-3H3,(H-,17,18,19)/p+1/b14-13-. The van der Waals surface area contributed by atoms with Crippen molar-refractivity contribution < 1.29 is 19.5 Å². The third kappa shape index (κ3) is 11.8. The fraction of sp³-hybridized carbons (Fsp3) is 0.800. The summed E-state index contributed by atoms with van der Waals surface area (Å²) < 4.78 is 0.610. The van der Waals surface area contributed by atoms with E-state index >= 15 is 0 Å². The van der Waals surface area contributed by atoms with Crippen molar-refractivity contribution >= 4 is 5.97 Å². The molecule has 4 heteroatoms. The summed E-state index contributed by atoms with van der Waals surface area (Å²) in [5.41, 5.74) is 0. The van der Waals surface area contributed by atoms with Gasteiger partial charge in [-0.15, -0.1) is 0 Å². The Labute approximate surface area is 117 Å². The molecule has 4 nitrogen and oxygen atoms in total. The van der Waals surface area contributed by atoms with Gasteiger partial charge in [0, 0.05) is 12.8 Å². The van der Waals surface area contributed by atoms with Crippen molar-refractivity contribution in [1.29, 1.82) is 0 Å². The molecule has 0 spiro atoms. The zero-order valence-electron chi connectivity index (χ0n) is 12.7. The maximum atomic E-state index is 10.4. The van der Waals surface area contributed by atoms with E-state index in [1.165, 1.54) is 19.3 Å². The quantitative estimate of drug-likeness (QED) is 0.342. The normalized spacial score (nSPS) is 12.7. The van der Waals surface area contributed by atoms with Gasteiger partial charge < -0.3 is 10.2 Å². The molecular weight excluding hydrogens is 242 g/mol. The highest BCUT2D eigenvalue weighted by Crippen LogP contribution is 2.12. The van der Waals surface area contributed by atoms with Crippen molar-refractivity contribution in [2.45, 2.75) is 58.3 Å². The lowest BCUT2D eigenvalue weighted by Crippen LogP contribution is -2.34. The molecule has 0 aromatic rings. The smallest absolute Gasteiger partial charge is 0.303 e.